The van der Waals surface area contributed by atoms with Gasteiger partial charge in [0.25, 0.3) is 0 Å². The number of carboxylic acids is 1. The van der Waals surface area contributed by atoms with Crippen LogP contribution in [0.2, 0.25) is 0 Å². The average molecular weight is 460 g/mol. The molecule has 0 spiro atoms. The smallest absolute Gasteiger partial charge is 0.307 e. The highest BCUT2D eigenvalue weighted by molar-refractivity contribution is 5.98. The van der Waals surface area contributed by atoms with E-state index in [0.29, 0.717) is 11.1 Å². The van der Waals surface area contributed by atoms with Crippen LogP contribution in [0.3, 0.4) is 0 Å². The van der Waals surface area contributed by atoms with Crippen LogP contribution in [-0.4, -0.2) is 16.9 Å². The molecule has 2 N–H and O–H groups in total. The fraction of sp³-hybridized carbons (Fsp3) is 0.241. The maximum Gasteiger partial charge on any atom is 0.307 e. The Morgan fingerprint density at radius 3 is 2.09 bits per heavy atom. The fourth-order valence-electron chi connectivity index (χ4n) is 3.74. The van der Waals surface area contributed by atoms with Crippen LogP contribution in [0.1, 0.15) is 48.5 Å². The molecule has 1 unspecified atom stereocenters. The maximum atomic E-state index is 13.1. The zero-order valence-corrected chi connectivity index (χ0v) is 19.4. The molecule has 1 atom stereocenters. The standard InChI is InChI=1S/C29H30FNO3/c1-3-4-5-20(2)31-27-16-12-23(13-17-27)22-8-10-24(11-9-22)28(32)19-25(29(33)34)18-21-6-14-26(30)15-7-21/h6-17,25,31H,2-5,18-19H2,1H3,(H,33,34). The number of anilines is 1. The SMILES string of the molecule is C=C(CCCC)Nc1ccc(-c2ccc(C(=O)CC(Cc3ccc(F)cc3)C(=O)O)cc2)cc1. The number of benzene rings is 3. The fourth-order valence-corrected chi connectivity index (χ4v) is 3.74. The minimum absolute atomic E-state index is 0.117. The maximum absolute atomic E-state index is 13.1. The van der Waals surface area contributed by atoms with Gasteiger partial charge in [0.05, 0.1) is 5.92 Å². The third-order valence-electron chi connectivity index (χ3n) is 5.75. The molecular formula is C29H30FNO3. The Balaban J connectivity index is 1.62. The lowest BCUT2D eigenvalue weighted by Crippen LogP contribution is -2.20. The molecule has 0 aliphatic carbocycles. The number of Topliss-reactive ketones (excluding diaryl/α,β-unsaturated/α-hetero) is 1. The summed E-state index contributed by atoms with van der Waals surface area (Å²) in [5, 5.41) is 12.9. The Bertz CT molecular complexity index is 1120. The molecule has 0 saturated carbocycles. The molecule has 4 nitrogen and oxygen atoms in total. The van der Waals surface area contributed by atoms with Crippen molar-refractivity contribution in [3.63, 3.8) is 0 Å². The highest BCUT2D eigenvalue weighted by atomic mass is 19.1. The first-order chi connectivity index (χ1) is 16.4. The van der Waals surface area contributed by atoms with Crippen LogP contribution in [-0.2, 0) is 11.2 Å². The highest BCUT2D eigenvalue weighted by Gasteiger charge is 2.22. The molecule has 34 heavy (non-hydrogen) atoms. The zero-order valence-electron chi connectivity index (χ0n) is 19.4. The molecule has 0 heterocycles. The molecule has 0 radical (unpaired) electrons. The van der Waals surface area contributed by atoms with Gasteiger partial charge < -0.3 is 10.4 Å². The molecule has 3 aromatic carbocycles. The molecule has 0 fully saturated rings. The number of halogens is 1. The minimum Gasteiger partial charge on any atom is -0.481 e. The third kappa shape index (κ3) is 7.14. The molecule has 0 aromatic heterocycles. The van der Waals surface area contributed by atoms with Crippen LogP contribution in [0.4, 0.5) is 10.1 Å². The van der Waals surface area contributed by atoms with E-state index >= 15 is 0 Å². The summed E-state index contributed by atoms with van der Waals surface area (Å²) in [5.41, 5.74) is 5.12. The van der Waals surface area contributed by atoms with Crippen molar-refractivity contribution in [2.24, 2.45) is 5.92 Å². The number of ketones is 1. The van der Waals surface area contributed by atoms with Crippen LogP contribution >= 0.6 is 0 Å². The van der Waals surface area contributed by atoms with Crippen molar-refractivity contribution >= 4 is 17.4 Å². The van der Waals surface area contributed by atoms with E-state index in [9.17, 15) is 19.1 Å². The van der Waals surface area contributed by atoms with Crippen molar-refractivity contribution in [2.45, 2.75) is 39.0 Å². The van der Waals surface area contributed by atoms with E-state index in [0.717, 1.165) is 41.8 Å². The predicted molar refractivity (Wildman–Crippen MR) is 134 cm³/mol. The Hall–Kier alpha value is -3.73. The van der Waals surface area contributed by atoms with Gasteiger partial charge in [0.15, 0.2) is 5.78 Å². The molecule has 0 saturated heterocycles. The second kappa shape index (κ2) is 11.9. The molecule has 3 aromatic rings. The normalized spacial score (nSPS) is 11.6. The highest BCUT2D eigenvalue weighted by Crippen LogP contribution is 2.24. The quantitative estimate of drug-likeness (QED) is 0.283. The molecule has 0 aliphatic heterocycles. The number of carbonyl (C=O) groups excluding carboxylic acids is 1. The van der Waals surface area contributed by atoms with Gasteiger partial charge in [-0.1, -0.05) is 68.5 Å². The Labute approximate surface area is 200 Å². The minimum atomic E-state index is -1.04. The van der Waals surface area contributed by atoms with E-state index in [2.05, 4.69) is 18.8 Å². The number of rotatable bonds is 12. The number of nitrogens with one attached hydrogen (secondary N) is 1. The lowest BCUT2D eigenvalue weighted by Gasteiger charge is -2.12. The second-order valence-corrected chi connectivity index (χ2v) is 8.48. The van der Waals surface area contributed by atoms with E-state index in [1.807, 2.05) is 36.4 Å². The lowest BCUT2D eigenvalue weighted by atomic mass is 9.91. The van der Waals surface area contributed by atoms with E-state index in [-0.39, 0.29) is 24.4 Å². The summed E-state index contributed by atoms with van der Waals surface area (Å²) < 4.78 is 13.1. The number of aliphatic carboxylic acids is 1. The third-order valence-corrected chi connectivity index (χ3v) is 5.75. The summed E-state index contributed by atoms with van der Waals surface area (Å²) in [5.74, 6) is -2.52. The summed E-state index contributed by atoms with van der Waals surface area (Å²) in [6, 6.07) is 20.9. The van der Waals surface area contributed by atoms with Gasteiger partial charge in [-0.2, -0.15) is 0 Å². The second-order valence-electron chi connectivity index (χ2n) is 8.48. The number of carbonyl (C=O) groups is 2. The Morgan fingerprint density at radius 2 is 1.53 bits per heavy atom. The van der Waals surface area contributed by atoms with Gasteiger partial charge in [0.2, 0.25) is 0 Å². The van der Waals surface area contributed by atoms with Crippen molar-refractivity contribution in [1.82, 2.24) is 0 Å². The van der Waals surface area contributed by atoms with Crippen LogP contribution in [0.25, 0.3) is 11.1 Å². The number of carboxylic acid groups (broad SMARTS) is 1. The molecule has 0 aliphatic rings. The predicted octanol–water partition coefficient (Wildman–Crippen LogP) is 7.12. The van der Waals surface area contributed by atoms with Gasteiger partial charge in [-0.05, 0) is 60.2 Å². The van der Waals surface area contributed by atoms with Crippen LogP contribution in [0.15, 0.2) is 85.1 Å². The van der Waals surface area contributed by atoms with E-state index < -0.39 is 11.9 Å². The van der Waals surface area contributed by atoms with E-state index in [4.69, 9.17) is 0 Å². The Morgan fingerprint density at radius 1 is 0.941 bits per heavy atom. The van der Waals surface area contributed by atoms with Crippen molar-refractivity contribution in [3.8, 4) is 11.1 Å². The van der Waals surface area contributed by atoms with Crippen LogP contribution in [0, 0.1) is 11.7 Å². The van der Waals surface area contributed by atoms with Crippen molar-refractivity contribution in [3.05, 3.63) is 102 Å². The summed E-state index contributed by atoms with van der Waals surface area (Å²) in [6.45, 7) is 6.21. The molecule has 5 heteroatoms. The number of hydrogen-bond donors (Lipinski definition) is 2. The number of unbranched alkanes of at least 4 members (excludes halogenated alkanes) is 1. The first-order valence-electron chi connectivity index (χ1n) is 11.5. The molecule has 0 bridgehead atoms. The molecule has 3 rings (SSSR count). The average Bonchev–Trinajstić information content (AvgIpc) is 2.84. The summed E-state index contributed by atoms with van der Waals surface area (Å²) in [7, 11) is 0. The van der Waals surface area contributed by atoms with E-state index in [1.165, 1.54) is 12.1 Å². The monoisotopic (exact) mass is 459 g/mol. The van der Waals surface area contributed by atoms with Gasteiger partial charge in [-0.3, -0.25) is 9.59 Å². The number of allylic oxidation sites excluding steroid dienone is 1. The van der Waals surface area contributed by atoms with Crippen LogP contribution < -0.4 is 5.32 Å². The van der Waals surface area contributed by atoms with Gasteiger partial charge in [0, 0.05) is 23.4 Å². The molecule has 176 valence electrons. The van der Waals surface area contributed by atoms with Crippen molar-refractivity contribution in [1.29, 1.82) is 0 Å². The first kappa shape index (κ1) is 24.9. The Kier molecular flexibility index (Phi) is 8.74. The van der Waals surface area contributed by atoms with Gasteiger partial charge in [-0.25, -0.2) is 4.39 Å². The summed E-state index contributed by atoms with van der Waals surface area (Å²) in [4.78, 5) is 24.4. The summed E-state index contributed by atoms with van der Waals surface area (Å²) in [6.07, 6.45) is 3.23. The van der Waals surface area contributed by atoms with Crippen molar-refractivity contribution in [2.75, 3.05) is 5.32 Å². The van der Waals surface area contributed by atoms with E-state index in [1.54, 1.807) is 24.3 Å². The van der Waals surface area contributed by atoms with Gasteiger partial charge in [-0.15, -0.1) is 0 Å². The summed E-state index contributed by atoms with van der Waals surface area (Å²) >= 11 is 0. The number of hydrogen-bond acceptors (Lipinski definition) is 3. The van der Waals surface area contributed by atoms with Crippen molar-refractivity contribution < 1.29 is 19.1 Å². The topological polar surface area (TPSA) is 66.4 Å². The van der Waals surface area contributed by atoms with Gasteiger partial charge >= 0.3 is 5.97 Å². The first-order valence-corrected chi connectivity index (χ1v) is 11.5. The van der Waals surface area contributed by atoms with Crippen LogP contribution in [0.5, 0.6) is 0 Å². The lowest BCUT2D eigenvalue weighted by molar-refractivity contribution is -0.141. The molecule has 0 amide bonds. The zero-order chi connectivity index (χ0) is 24.5. The van der Waals surface area contributed by atoms with Gasteiger partial charge in [0.1, 0.15) is 5.82 Å². The largest absolute Gasteiger partial charge is 0.481 e. The molecular weight excluding hydrogens is 429 g/mol.